The summed E-state index contributed by atoms with van der Waals surface area (Å²) in [6.07, 6.45) is -1.59. The van der Waals surface area contributed by atoms with Gasteiger partial charge in [-0.05, 0) is 36.3 Å². The van der Waals surface area contributed by atoms with Crippen LogP contribution >= 0.6 is 12.6 Å². The van der Waals surface area contributed by atoms with E-state index in [0.717, 1.165) is 0 Å². The third-order valence-corrected chi connectivity index (χ3v) is 2.83. The number of nitro benzene ring substituents is 1. The molecular weight excluding hydrogens is 242 g/mol. The summed E-state index contributed by atoms with van der Waals surface area (Å²) in [5.41, 5.74) is 1.07. The first-order valence-electron chi connectivity index (χ1n) is 5.19. The highest BCUT2D eigenvalue weighted by Gasteiger charge is 2.20. The van der Waals surface area contributed by atoms with Crippen molar-refractivity contribution in [3.05, 3.63) is 39.4 Å². The Morgan fingerprint density at radius 3 is 2.59 bits per heavy atom. The Morgan fingerprint density at radius 1 is 1.47 bits per heavy atom. The molecule has 0 bridgehead atoms. The molecule has 0 aromatic heterocycles. The van der Waals surface area contributed by atoms with Crippen LogP contribution in [-0.4, -0.2) is 27.0 Å². The van der Waals surface area contributed by atoms with E-state index in [9.17, 15) is 20.3 Å². The molecule has 0 aliphatic heterocycles. The number of nitrogens with zero attached hydrogens (tertiary/aromatic N) is 1. The van der Waals surface area contributed by atoms with Crippen molar-refractivity contribution in [1.82, 2.24) is 0 Å². The van der Waals surface area contributed by atoms with Gasteiger partial charge in [-0.3, -0.25) is 10.1 Å². The normalized spacial score (nSPS) is 14.4. The minimum absolute atomic E-state index is 0.0258. The van der Waals surface area contributed by atoms with Gasteiger partial charge in [0.25, 0.3) is 5.69 Å². The zero-order valence-corrected chi connectivity index (χ0v) is 10.3. The van der Waals surface area contributed by atoms with Gasteiger partial charge in [0, 0.05) is 12.1 Å². The highest BCUT2D eigenvalue weighted by Crippen LogP contribution is 2.25. The number of aliphatic hydroxyl groups is 2. The molecule has 0 saturated carbocycles. The summed E-state index contributed by atoms with van der Waals surface area (Å²) in [6, 6.07) is 4.17. The van der Waals surface area contributed by atoms with Crippen LogP contribution in [0.3, 0.4) is 0 Å². The van der Waals surface area contributed by atoms with Crippen LogP contribution in [0.25, 0.3) is 0 Å². The van der Waals surface area contributed by atoms with Crippen molar-refractivity contribution in [1.29, 1.82) is 0 Å². The van der Waals surface area contributed by atoms with Crippen molar-refractivity contribution in [2.45, 2.75) is 25.6 Å². The van der Waals surface area contributed by atoms with Crippen molar-refractivity contribution in [3.8, 4) is 0 Å². The Hall–Kier alpha value is -1.11. The minimum atomic E-state index is -1.04. The Morgan fingerprint density at radius 2 is 2.12 bits per heavy atom. The molecule has 0 saturated heterocycles. The lowest BCUT2D eigenvalue weighted by Crippen LogP contribution is -2.19. The fraction of sp³-hybridized carbons (Fsp3) is 0.455. The molecule has 0 aliphatic carbocycles. The Labute approximate surface area is 105 Å². The van der Waals surface area contributed by atoms with Gasteiger partial charge in [0.05, 0.1) is 11.0 Å². The molecule has 2 unspecified atom stereocenters. The predicted octanol–water partition coefficient (Wildman–Crippen LogP) is 1.62. The van der Waals surface area contributed by atoms with E-state index >= 15 is 0 Å². The number of non-ortho nitro benzene ring substituents is 1. The van der Waals surface area contributed by atoms with Crippen LogP contribution in [0.5, 0.6) is 0 Å². The molecule has 0 heterocycles. The predicted molar refractivity (Wildman–Crippen MR) is 67.3 cm³/mol. The van der Waals surface area contributed by atoms with Crippen LogP contribution in [-0.2, 0) is 0 Å². The number of nitro groups is 1. The van der Waals surface area contributed by atoms with Gasteiger partial charge in [-0.1, -0.05) is 0 Å². The van der Waals surface area contributed by atoms with Gasteiger partial charge in [-0.15, -0.1) is 0 Å². The topological polar surface area (TPSA) is 83.6 Å². The molecule has 6 heteroatoms. The maximum Gasteiger partial charge on any atom is 0.269 e. The molecule has 5 nitrogen and oxygen atoms in total. The third kappa shape index (κ3) is 3.42. The Kier molecular flexibility index (Phi) is 4.92. The van der Waals surface area contributed by atoms with Crippen LogP contribution in [0, 0.1) is 17.0 Å². The van der Waals surface area contributed by atoms with Crippen molar-refractivity contribution in [2.75, 3.05) is 5.75 Å². The van der Waals surface area contributed by atoms with Gasteiger partial charge in [-0.25, -0.2) is 0 Å². The van der Waals surface area contributed by atoms with E-state index in [1.54, 1.807) is 6.92 Å². The van der Waals surface area contributed by atoms with Gasteiger partial charge in [0.1, 0.15) is 6.10 Å². The standard InChI is InChI=1S/C11H15NO4S/c1-7-6-8(12(15)16)2-3-9(7)11(14)10(13)4-5-17/h2-3,6,10-11,13-14,17H,4-5H2,1H3. The van der Waals surface area contributed by atoms with Gasteiger partial charge in [-0.2, -0.15) is 12.6 Å². The van der Waals surface area contributed by atoms with Crippen molar-refractivity contribution < 1.29 is 15.1 Å². The summed E-state index contributed by atoms with van der Waals surface area (Å²) < 4.78 is 0. The average molecular weight is 257 g/mol. The number of thiol groups is 1. The summed E-state index contributed by atoms with van der Waals surface area (Å²) in [5.74, 6) is 0.463. The number of rotatable bonds is 5. The van der Waals surface area contributed by atoms with E-state index in [-0.39, 0.29) is 5.69 Å². The maximum absolute atomic E-state index is 10.6. The van der Waals surface area contributed by atoms with E-state index in [1.807, 2.05) is 0 Å². The largest absolute Gasteiger partial charge is 0.390 e. The van der Waals surface area contributed by atoms with Crippen LogP contribution in [0.2, 0.25) is 0 Å². The molecular formula is C11H15NO4S. The Bertz CT molecular complexity index is 410. The summed E-state index contributed by atoms with van der Waals surface area (Å²) in [5, 5.41) is 30.1. The monoisotopic (exact) mass is 257 g/mol. The quantitative estimate of drug-likeness (QED) is 0.425. The second-order valence-electron chi connectivity index (χ2n) is 3.82. The molecule has 2 N–H and O–H groups in total. The first kappa shape index (κ1) is 14.0. The van der Waals surface area contributed by atoms with Gasteiger partial charge < -0.3 is 10.2 Å². The minimum Gasteiger partial charge on any atom is -0.390 e. The summed E-state index contributed by atoms with van der Waals surface area (Å²) in [6.45, 7) is 1.67. The van der Waals surface area contributed by atoms with E-state index in [2.05, 4.69) is 12.6 Å². The lowest BCUT2D eigenvalue weighted by atomic mass is 9.98. The summed E-state index contributed by atoms with van der Waals surface area (Å²) in [7, 11) is 0. The van der Waals surface area contributed by atoms with E-state index in [0.29, 0.717) is 23.3 Å². The van der Waals surface area contributed by atoms with Gasteiger partial charge in [0.2, 0.25) is 0 Å². The molecule has 0 amide bonds. The first-order valence-corrected chi connectivity index (χ1v) is 5.82. The van der Waals surface area contributed by atoms with Crippen LogP contribution in [0.1, 0.15) is 23.7 Å². The van der Waals surface area contributed by atoms with E-state index < -0.39 is 17.1 Å². The Balaban J connectivity index is 2.95. The molecule has 94 valence electrons. The molecule has 1 aromatic rings. The van der Waals surface area contributed by atoms with E-state index in [1.165, 1.54) is 18.2 Å². The van der Waals surface area contributed by atoms with Gasteiger partial charge in [0.15, 0.2) is 0 Å². The number of hydrogen-bond acceptors (Lipinski definition) is 5. The zero-order valence-electron chi connectivity index (χ0n) is 9.41. The maximum atomic E-state index is 10.6. The zero-order chi connectivity index (χ0) is 13.0. The molecule has 2 atom stereocenters. The van der Waals surface area contributed by atoms with Crippen LogP contribution in [0.15, 0.2) is 18.2 Å². The highest BCUT2D eigenvalue weighted by atomic mass is 32.1. The molecule has 17 heavy (non-hydrogen) atoms. The number of benzene rings is 1. The molecule has 0 aliphatic rings. The van der Waals surface area contributed by atoms with Crippen LogP contribution < -0.4 is 0 Å². The number of aliphatic hydroxyl groups excluding tert-OH is 2. The number of hydrogen-bond donors (Lipinski definition) is 3. The molecule has 0 spiro atoms. The fourth-order valence-electron chi connectivity index (χ4n) is 1.60. The second kappa shape index (κ2) is 6.00. The molecule has 1 aromatic carbocycles. The van der Waals surface area contributed by atoms with Gasteiger partial charge >= 0.3 is 0 Å². The van der Waals surface area contributed by atoms with Crippen molar-refractivity contribution in [3.63, 3.8) is 0 Å². The lowest BCUT2D eigenvalue weighted by molar-refractivity contribution is -0.384. The third-order valence-electron chi connectivity index (χ3n) is 2.57. The number of aryl methyl sites for hydroxylation is 1. The van der Waals surface area contributed by atoms with Crippen molar-refractivity contribution >= 4 is 18.3 Å². The smallest absolute Gasteiger partial charge is 0.269 e. The SMILES string of the molecule is Cc1cc([N+](=O)[O-])ccc1C(O)C(O)CCS. The molecule has 0 fully saturated rings. The highest BCUT2D eigenvalue weighted by molar-refractivity contribution is 7.80. The lowest BCUT2D eigenvalue weighted by Gasteiger charge is -2.19. The molecule has 1 rings (SSSR count). The van der Waals surface area contributed by atoms with E-state index in [4.69, 9.17) is 0 Å². The summed E-state index contributed by atoms with van der Waals surface area (Å²) >= 11 is 3.98. The van der Waals surface area contributed by atoms with Crippen LogP contribution in [0.4, 0.5) is 5.69 Å². The molecule has 0 radical (unpaired) electrons. The first-order chi connectivity index (χ1) is 7.97. The second-order valence-corrected chi connectivity index (χ2v) is 4.27. The summed E-state index contributed by atoms with van der Waals surface area (Å²) in [4.78, 5) is 10.1. The average Bonchev–Trinajstić information content (AvgIpc) is 2.28. The van der Waals surface area contributed by atoms with Crippen molar-refractivity contribution in [2.24, 2.45) is 0 Å². The fourth-order valence-corrected chi connectivity index (χ4v) is 1.87.